The van der Waals surface area contributed by atoms with Crippen LogP contribution < -0.4 is 10.1 Å². The Bertz CT molecular complexity index is 724. The van der Waals surface area contributed by atoms with E-state index in [1.165, 1.54) is 36.4 Å². The fourth-order valence-corrected chi connectivity index (χ4v) is 1.78. The van der Waals surface area contributed by atoms with Crippen LogP contribution in [0.15, 0.2) is 42.5 Å². The Labute approximate surface area is 129 Å². The topological polar surface area (TPSA) is 81.5 Å². The molecule has 0 aromatic heterocycles. The third kappa shape index (κ3) is 4.16. The van der Waals surface area contributed by atoms with E-state index in [2.05, 4.69) is 5.32 Å². The van der Waals surface area contributed by atoms with Gasteiger partial charge in [0.15, 0.2) is 6.61 Å². The number of nitrogens with zero attached hydrogens (tertiary/aromatic N) is 1. The summed E-state index contributed by atoms with van der Waals surface area (Å²) < 4.78 is 18.1. The zero-order valence-corrected chi connectivity index (χ0v) is 11.8. The highest BCUT2D eigenvalue weighted by Gasteiger charge is 2.09. The van der Waals surface area contributed by atoms with Gasteiger partial charge in [0.1, 0.15) is 11.6 Å². The lowest BCUT2D eigenvalue weighted by Gasteiger charge is -2.08. The van der Waals surface area contributed by atoms with Crippen LogP contribution in [0.3, 0.4) is 0 Å². The number of carbonyl (C=O) groups is 1. The number of amides is 1. The molecule has 6 nitrogen and oxygen atoms in total. The van der Waals surface area contributed by atoms with Crippen LogP contribution in [0.5, 0.6) is 5.75 Å². The molecular weight excluding hydrogens is 315 g/mol. The molecule has 0 atom stereocenters. The summed E-state index contributed by atoms with van der Waals surface area (Å²) in [5.41, 5.74) is 0.143. The van der Waals surface area contributed by atoms with Crippen molar-refractivity contribution in [2.75, 3.05) is 11.9 Å². The molecule has 2 aromatic rings. The first-order valence-corrected chi connectivity index (χ1v) is 6.45. The van der Waals surface area contributed by atoms with Crippen LogP contribution in [0.4, 0.5) is 15.8 Å². The summed E-state index contributed by atoms with van der Waals surface area (Å²) in [4.78, 5) is 21.8. The molecule has 0 bridgehead atoms. The number of ether oxygens (including phenoxy) is 1. The second-order valence-corrected chi connectivity index (χ2v) is 4.63. The minimum atomic E-state index is -0.588. The maximum atomic E-state index is 13.0. The Balaban J connectivity index is 1.94. The molecule has 0 saturated carbocycles. The molecule has 0 aliphatic carbocycles. The average molecular weight is 325 g/mol. The molecule has 0 unspecified atom stereocenters. The number of hydrogen-bond acceptors (Lipinski definition) is 4. The van der Waals surface area contributed by atoms with Crippen molar-refractivity contribution in [3.8, 4) is 5.75 Å². The van der Waals surface area contributed by atoms with Crippen molar-refractivity contribution in [2.45, 2.75) is 0 Å². The lowest BCUT2D eigenvalue weighted by Crippen LogP contribution is -2.20. The first-order chi connectivity index (χ1) is 10.5. The van der Waals surface area contributed by atoms with Gasteiger partial charge in [0, 0.05) is 23.9 Å². The molecule has 22 heavy (non-hydrogen) atoms. The number of nitrogens with one attached hydrogen (secondary N) is 1. The smallest absolute Gasteiger partial charge is 0.271 e. The predicted molar refractivity (Wildman–Crippen MR) is 78.6 cm³/mol. The van der Waals surface area contributed by atoms with Crippen LogP contribution in [0, 0.1) is 15.9 Å². The second-order valence-electron chi connectivity index (χ2n) is 4.22. The van der Waals surface area contributed by atoms with E-state index >= 15 is 0 Å². The van der Waals surface area contributed by atoms with Crippen molar-refractivity contribution >= 4 is 28.9 Å². The predicted octanol–water partition coefficient (Wildman–Crippen LogP) is 3.40. The zero-order valence-electron chi connectivity index (χ0n) is 11.1. The normalized spacial score (nSPS) is 10.1. The van der Waals surface area contributed by atoms with Crippen LogP contribution in [-0.2, 0) is 4.79 Å². The van der Waals surface area contributed by atoms with E-state index in [1.54, 1.807) is 0 Å². The summed E-state index contributed by atoms with van der Waals surface area (Å²) in [7, 11) is 0. The highest BCUT2D eigenvalue weighted by atomic mass is 35.5. The van der Waals surface area contributed by atoms with Crippen LogP contribution in [0.2, 0.25) is 5.02 Å². The number of rotatable bonds is 5. The molecule has 0 radical (unpaired) electrons. The van der Waals surface area contributed by atoms with Gasteiger partial charge in [-0.15, -0.1) is 0 Å². The minimum Gasteiger partial charge on any atom is -0.484 e. The van der Waals surface area contributed by atoms with E-state index in [0.29, 0.717) is 0 Å². The number of carbonyl (C=O) groups excluding carboxylic acids is 1. The minimum absolute atomic E-state index is 0.114. The number of halogens is 2. The van der Waals surface area contributed by atoms with E-state index in [9.17, 15) is 19.3 Å². The van der Waals surface area contributed by atoms with Gasteiger partial charge in [-0.25, -0.2) is 4.39 Å². The lowest BCUT2D eigenvalue weighted by molar-refractivity contribution is -0.384. The molecule has 0 spiro atoms. The van der Waals surface area contributed by atoms with Crippen LogP contribution in [0.25, 0.3) is 0 Å². The zero-order chi connectivity index (χ0) is 16.1. The van der Waals surface area contributed by atoms with Crippen molar-refractivity contribution in [1.82, 2.24) is 0 Å². The summed E-state index contributed by atoms with van der Waals surface area (Å²) in [6.45, 7) is -0.343. The molecule has 114 valence electrons. The molecule has 0 fully saturated rings. The van der Waals surface area contributed by atoms with Crippen molar-refractivity contribution in [2.24, 2.45) is 0 Å². The summed E-state index contributed by atoms with van der Waals surface area (Å²) in [6, 6.07) is 9.21. The van der Waals surface area contributed by atoms with E-state index < -0.39 is 16.6 Å². The summed E-state index contributed by atoms with van der Waals surface area (Å²) in [6.07, 6.45) is 0. The largest absolute Gasteiger partial charge is 0.484 e. The molecule has 0 saturated heterocycles. The maximum absolute atomic E-state index is 13.0. The number of anilines is 1. The SMILES string of the molecule is O=C(COc1ccc(F)c(Cl)c1)Nc1cccc([N+](=O)[O-])c1. The van der Waals surface area contributed by atoms with Crippen molar-refractivity contribution in [3.05, 3.63) is 63.4 Å². The Morgan fingerprint density at radius 1 is 1.32 bits per heavy atom. The Morgan fingerprint density at radius 2 is 2.09 bits per heavy atom. The van der Waals surface area contributed by atoms with Gasteiger partial charge in [0.2, 0.25) is 0 Å². The number of hydrogen-bond donors (Lipinski definition) is 1. The highest BCUT2D eigenvalue weighted by molar-refractivity contribution is 6.30. The molecule has 8 heteroatoms. The molecule has 0 aliphatic heterocycles. The number of benzene rings is 2. The molecule has 1 amide bonds. The first kappa shape index (κ1) is 15.7. The number of non-ortho nitro benzene ring substituents is 1. The van der Waals surface area contributed by atoms with E-state index in [-0.39, 0.29) is 28.8 Å². The molecule has 2 aromatic carbocycles. The standard InChI is InChI=1S/C14H10ClFN2O4/c15-12-7-11(4-5-13(12)16)22-8-14(19)17-9-2-1-3-10(6-9)18(20)21/h1-7H,8H2,(H,17,19). The average Bonchev–Trinajstić information content (AvgIpc) is 2.49. The summed E-state index contributed by atoms with van der Waals surface area (Å²) in [5.74, 6) is -0.864. The second kappa shape index (κ2) is 6.86. The van der Waals surface area contributed by atoms with E-state index in [0.717, 1.165) is 6.07 Å². The van der Waals surface area contributed by atoms with Gasteiger partial charge in [-0.2, -0.15) is 0 Å². The molecule has 1 N–H and O–H groups in total. The number of nitro benzene ring substituents is 1. The first-order valence-electron chi connectivity index (χ1n) is 6.08. The van der Waals surface area contributed by atoms with Gasteiger partial charge in [-0.05, 0) is 18.2 Å². The van der Waals surface area contributed by atoms with E-state index in [1.807, 2.05) is 0 Å². The van der Waals surface area contributed by atoms with Crippen molar-refractivity contribution < 1.29 is 18.8 Å². The van der Waals surface area contributed by atoms with Crippen LogP contribution >= 0.6 is 11.6 Å². The fraction of sp³-hybridized carbons (Fsp3) is 0.0714. The lowest BCUT2D eigenvalue weighted by atomic mass is 10.3. The van der Waals surface area contributed by atoms with Crippen molar-refractivity contribution in [3.63, 3.8) is 0 Å². The van der Waals surface area contributed by atoms with Crippen LogP contribution in [-0.4, -0.2) is 17.4 Å². The Hall–Kier alpha value is -2.67. The van der Waals surface area contributed by atoms with E-state index in [4.69, 9.17) is 16.3 Å². The van der Waals surface area contributed by atoms with Gasteiger partial charge >= 0.3 is 0 Å². The monoisotopic (exact) mass is 324 g/mol. The quantitative estimate of drug-likeness (QED) is 0.675. The van der Waals surface area contributed by atoms with Gasteiger partial charge in [-0.3, -0.25) is 14.9 Å². The third-order valence-corrected chi connectivity index (χ3v) is 2.89. The molecular formula is C14H10ClFN2O4. The van der Waals surface area contributed by atoms with Gasteiger partial charge in [-0.1, -0.05) is 17.7 Å². The van der Waals surface area contributed by atoms with Gasteiger partial charge in [0.25, 0.3) is 11.6 Å². The van der Waals surface area contributed by atoms with Gasteiger partial charge < -0.3 is 10.1 Å². The summed E-state index contributed by atoms with van der Waals surface area (Å²) >= 11 is 5.59. The Kier molecular flexibility index (Phi) is 4.90. The maximum Gasteiger partial charge on any atom is 0.271 e. The van der Waals surface area contributed by atoms with Crippen LogP contribution in [0.1, 0.15) is 0 Å². The fourth-order valence-electron chi connectivity index (χ4n) is 1.61. The Morgan fingerprint density at radius 3 is 2.77 bits per heavy atom. The highest BCUT2D eigenvalue weighted by Crippen LogP contribution is 2.21. The molecule has 0 heterocycles. The summed E-state index contributed by atoms with van der Waals surface area (Å²) in [5, 5.41) is 13.0. The number of nitro groups is 1. The third-order valence-electron chi connectivity index (χ3n) is 2.60. The molecule has 0 aliphatic rings. The van der Waals surface area contributed by atoms with Gasteiger partial charge in [0.05, 0.1) is 9.95 Å². The van der Waals surface area contributed by atoms with Crippen molar-refractivity contribution in [1.29, 1.82) is 0 Å². The molecule has 2 rings (SSSR count).